The Hall–Kier alpha value is -4.51. The molecule has 0 saturated carbocycles. The van der Waals surface area contributed by atoms with E-state index in [2.05, 4.69) is 31.9 Å². The molecule has 1 N–H and O–H groups in total. The van der Waals surface area contributed by atoms with E-state index in [1.54, 1.807) is 28.9 Å². The number of anilines is 3. The third-order valence-corrected chi connectivity index (χ3v) is 7.80. The Kier molecular flexibility index (Phi) is 7.75. The molecule has 1 aromatic carbocycles. The van der Waals surface area contributed by atoms with E-state index in [-0.39, 0.29) is 29.7 Å². The van der Waals surface area contributed by atoms with Crippen LogP contribution in [0.2, 0.25) is 0 Å². The van der Waals surface area contributed by atoms with Crippen LogP contribution < -0.4 is 15.0 Å². The molecule has 10 nitrogen and oxygen atoms in total. The minimum atomic E-state index is -0.473. The second kappa shape index (κ2) is 11.8. The molecule has 2 saturated heterocycles. The Morgan fingerprint density at radius 2 is 1.86 bits per heavy atom. The summed E-state index contributed by atoms with van der Waals surface area (Å²) in [4.78, 5) is 24.9. The van der Waals surface area contributed by atoms with Crippen LogP contribution in [0.4, 0.5) is 21.7 Å². The van der Waals surface area contributed by atoms with Crippen LogP contribution in [0.1, 0.15) is 38.2 Å². The van der Waals surface area contributed by atoms with Crippen molar-refractivity contribution >= 4 is 28.7 Å². The first kappa shape index (κ1) is 27.6. The number of nitrogens with zero attached hydrogens (tertiary/aromatic N) is 6. The number of fused-ring (bicyclic) bond motifs is 1. The van der Waals surface area contributed by atoms with Crippen molar-refractivity contribution in [2.75, 3.05) is 36.4 Å². The number of hydrogen-bond donors (Lipinski definition) is 1. The molecular formula is C31H34FN7O3. The fourth-order valence-corrected chi connectivity index (χ4v) is 5.86. The minimum Gasteiger partial charge on any atom is -0.457 e. The molecule has 0 aliphatic carbocycles. The van der Waals surface area contributed by atoms with E-state index in [4.69, 9.17) is 9.47 Å². The first-order valence-corrected chi connectivity index (χ1v) is 14.2. The number of benzene rings is 1. The summed E-state index contributed by atoms with van der Waals surface area (Å²) in [5, 5.41) is 7.51. The molecule has 42 heavy (non-hydrogen) atoms. The van der Waals surface area contributed by atoms with Crippen molar-refractivity contribution in [1.29, 1.82) is 0 Å². The number of pyridine rings is 1. The quantitative estimate of drug-likeness (QED) is 0.299. The smallest absolute Gasteiger partial charge is 0.245 e. The third kappa shape index (κ3) is 5.78. The Balaban J connectivity index is 1.18. The minimum absolute atomic E-state index is 0.0467. The summed E-state index contributed by atoms with van der Waals surface area (Å²) in [6.45, 7) is 10.5. The van der Waals surface area contributed by atoms with Crippen molar-refractivity contribution in [3.05, 3.63) is 79.2 Å². The molecule has 218 valence electrons. The maximum atomic E-state index is 15.4. The lowest BCUT2D eigenvalue weighted by molar-refractivity contribution is -0.127. The van der Waals surface area contributed by atoms with Gasteiger partial charge in [-0.25, -0.2) is 18.9 Å². The number of carbonyl (C=O) groups is 1. The molecule has 2 aliphatic rings. The van der Waals surface area contributed by atoms with Crippen molar-refractivity contribution in [2.45, 2.75) is 44.8 Å². The van der Waals surface area contributed by atoms with Gasteiger partial charge >= 0.3 is 0 Å². The molecular weight excluding hydrogens is 537 g/mol. The van der Waals surface area contributed by atoms with E-state index >= 15 is 4.39 Å². The lowest BCUT2D eigenvalue weighted by atomic mass is 9.90. The predicted octanol–water partition coefficient (Wildman–Crippen LogP) is 5.30. The van der Waals surface area contributed by atoms with Crippen LogP contribution in [0.3, 0.4) is 0 Å². The first-order chi connectivity index (χ1) is 20.4. The topological polar surface area (TPSA) is 97.1 Å². The van der Waals surface area contributed by atoms with Crippen LogP contribution >= 0.6 is 0 Å². The molecule has 0 spiro atoms. The molecule has 6 rings (SSSR count). The highest BCUT2D eigenvalue weighted by Crippen LogP contribution is 2.35. The van der Waals surface area contributed by atoms with Gasteiger partial charge < -0.3 is 24.6 Å². The van der Waals surface area contributed by atoms with Gasteiger partial charge in [-0.2, -0.15) is 5.10 Å². The van der Waals surface area contributed by atoms with Crippen LogP contribution in [0, 0.1) is 5.82 Å². The fourth-order valence-electron chi connectivity index (χ4n) is 5.86. The Labute approximate surface area is 243 Å². The summed E-state index contributed by atoms with van der Waals surface area (Å²) in [6.07, 6.45) is 8.21. The summed E-state index contributed by atoms with van der Waals surface area (Å²) < 4.78 is 28.9. The lowest BCUT2D eigenvalue weighted by Crippen LogP contribution is -2.45. The monoisotopic (exact) mass is 571 g/mol. The van der Waals surface area contributed by atoms with Crippen molar-refractivity contribution in [1.82, 2.24) is 24.5 Å². The molecule has 3 aromatic heterocycles. The average Bonchev–Trinajstić information content (AvgIpc) is 3.43. The van der Waals surface area contributed by atoms with Crippen LogP contribution in [0.5, 0.6) is 11.5 Å². The second-order valence-corrected chi connectivity index (χ2v) is 10.9. The van der Waals surface area contributed by atoms with Crippen molar-refractivity contribution in [2.24, 2.45) is 0 Å². The number of rotatable bonds is 7. The standard InChI is InChI=1S/C31H34FN7O3/c1-4-29(40)37-12-8-22(9-13-37)25-10-14-39-30(25)31(34-19-35-39)36-27-6-5-23(15-26(27)32)42-24-7-11-33-28(16-24)38-17-20(2)41-21(3)18-38/h4-7,10-11,14-16,19-22H,1,8-9,12-13,17-18H2,2-3H3,(H,34,35,36)/t20-,21+. The summed E-state index contributed by atoms with van der Waals surface area (Å²) in [5.41, 5.74) is 2.14. The molecule has 1 amide bonds. The second-order valence-electron chi connectivity index (χ2n) is 10.9. The van der Waals surface area contributed by atoms with Crippen LogP contribution in [-0.2, 0) is 9.53 Å². The fraction of sp³-hybridized carbons (Fsp3) is 0.355. The summed E-state index contributed by atoms with van der Waals surface area (Å²) in [7, 11) is 0. The zero-order valence-corrected chi connectivity index (χ0v) is 23.7. The maximum absolute atomic E-state index is 15.4. The zero-order chi connectivity index (χ0) is 29.2. The van der Waals surface area contributed by atoms with Gasteiger partial charge in [0.15, 0.2) is 5.82 Å². The highest BCUT2D eigenvalue weighted by molar-refractivity contribution is 5.87. The first-order valence-electron chi connectivity index (χ1n) is 14.2. The van der Waals surface area contributed by atoms with Gasteiger partial charge in [0.25, 0.3) is 0 Å². The summed E-state index contributed by atoms with van der Waals surface area (Å²) in [5.74, 6) is 1.95. The van der Waals surface area contributed by atoms with Crippen molar-refractivity contribution < 1.29 is 18.7 Å². The number of halogens is 1. The van der Waals surface area contributed by atoms with Gasteiger partial charge in [-0.15, -0.1) is 0 Å². The number of likely N-dealkylation sites (tertiary alicyclic amines) is 1. The molecule has 0 unspecified atom stereocenters. The Morgan fingerprint density at radius 1 is 1.10 bits per heavy atom. The van der Waals surface area contributed by atoms with Gasteiger partial charge in [0.1, 0.15) is 35.0 Å². The molecule has 5 heterocycles. The third-order valence-electron chi connectivity index (χ3n) is 7.80. The molecule has 2 aliphatic heterocycles. The van der Waals surface area contributed by atoms with E-state index in [1.165, 1.54) is 18.5 Å². The number of morpholine rings is 1. The van der Waals surface area contributed by atoms with Gasteiger partial charge in [0.05, 0.1) is 17.9 Å². The highest BCUT2D eigenvalue weighted by atomic mass is 19.1. The lowest BCUT2D eigenvalue weighted by Gasteiger charge is -2.36. The molecule has 0 bridgehead atoms. The van der Waals surface area contributed by atoms with E-state index < -0.39 is 5.82 Å². The van der Waals surface area contributed by atoms with Gasteiger partial charge in [0, 0.05) is 50.7 Å². The summed E-state index contributed by atoms with van der Waals surface area (Å²) in [6, 6.07) is 10.3. The van der Waals surface area contributed by atoms with E-state index in [0.29, 0.717) is 30.4 Å². The number of ether oxygens (including phenoxy) is 2. The van der Waals surface area contributed by atoms with Crippen LogP contribution in [0.25, 0.3) is 5.52 Å². The van der Waals surface area contributed by atoms with Crippen molar-refractivity contribution in [3.8, 4) is 11.5 Å². The Bertz CT molecular complexity index is 1590. The number of carbonyl (C=O) groups excluding carboxylic acids is 1. The number of piperidine rings is 1. The number of amides is 1. The van der Waals surface area contributed by atoms with Crippen molar-refractivity contribution in [3.63, 3.8) is 0 Å². The van der Waals surface area contributed by atoms with Gasteiger partial charge in [-0.05, 0) is 68.5 Å². The van der Waals surface area contributed by atoms with Crippen LogP contribution in [-0.4, -0.2) is 68.8 Å². The Morgan fingerprint density at radius 3 is 2.60 bits per heavy atom. The van der Waals surface area contributed by atoms with Crippen LogP contribution in [0.15, 0.2) is 67.8 Å². The molecule has 11 heteroatoms. The van der Waals surface area contributed by atoms with E-state index in [9.17, 15) is 4.79 Å². The highest BCUT2D eigenvalue weighted by Gasteiger charge is 2.26. The molecule has 0 radical (unpaired) electrons. The molecule has 2 atom stereocenters. The largest absolute Gasteiger partial charge is 0.457 e. The van der Waals surface area contributed by atoms with Gasteiger partial charge in [-0.3, -0.25) is 4.79 Å². The maximum Gasteiger partial charge on any atom is 0.245 e. The van der Waals surface area contributed by atoms with E-state index in [1.807, 2.05) is 37.1 Å². The molecule has 4 aromatic rings. The summed E-state index contributed by atoms with van der Waals surface area (Å²) >= 11 is 0. The predicted molar refractivity (Wildman–Crippen MR) is 158 cm³/mol. The normalized spacial score (nSPS) is 19.6. The molecule has 2 fully saturated rings. The number of hydrogen-bond acceptors (Lipinski definition) is 8. The number of aromatic nitrogens is 4. The zero-order valence-electron chi connectivity index (χ0n) is 23.7. The van der Waals surface area contributed by atoms with E-state index in [0.717, 1.165) is 42.8 Å². The SMILES string of the molecule is C=CC(=O)N1CCC(c2ccn3ncnc(Nc4ccc(Oc5ccnc(N6C[C@@H](C)O[C@@H](C)C6)c5)cc4F)c23)CC1. The van der Waals surface area contributed by atoms with Gasteiger partial charge in [-0.1, -0.05) is 6.58 Å². The average molecular weight is 572 g/mol. The number of nitrogens with one attached hydrogen (secondary N) is 1. The van der Waals surface area contributed by atoms with Gasteiger partial charge in [0.2, 0.25) is 5.91 Å².